The largest absolute Gasteiger partial charge is 0.311 e. The Hall–Kier alpha value is -1.69. The van der Waals surface area contributed by atoms with Gasteiger partial charge < -0.3 is 4.90 Å². The van der Waals surface area contributed by atoms with Crippen molar-refractivity contribution in [3.05, 3.63) is 40.9 Å². The number of nitrogens with zero attached hydrogens (tertiary/aromatic N) is 4. The van der Waals surface area contributed by atoms with E-state index in [4.69, 9.17) is 0 Å². The summed E-state index contributed by atoms with van der Waals surface area (Å²) in [5.74, 6) is 1.64. The number of halogens is 1. The molecule has 27 heavy (non-hydrogen) atoms. The third-order valence-corrected chi connectivity index (χ3v) is 7.93. The number of amides is 1. The van der Waals surface area contributed by atoms with Gasteiger partial charge >= 0.3 is 0 Å². The number of hydrogen-bond acceptors (Lipinski definition) is 3. The Morgan fingerprint density at radius 3 is 2.67 bits per heavy atom. The maximum atomic E-state index is 13.9. The van der Waals surface area contributed by atoms with Crippen LogP contribution in [0.2, 0.25) is 0 Å². The van der Waals surface area contributed by atoms with Gasteiger partial charge in [-0.15, -0.1) is 5.10 Å². The summed E-state index contributed by atoms with van der Waals surface area (Å²) >= 11 is 3.41. The van der Waals surface area contributed by atoms with Crippen molar-refractivity contribution < 1.29 is 4.79 Å². The van der Waals surface area contributed by atoms with Crippen LogP contribution in [0.25, 0.3) is 0 Å². The Morgan fingerprint density at radius 1 is 1.15 bits per heavy atom. The molecule has 1 amide bonds. The summed E-state index contributed by atoms with van der Waals surface area (Å²) in [7, 11) is 0. The van der Waals surface area contributed by atoms with E-state index in [0.717, 1.165) is 50.8 Å². The normalized spacial score (nSPS) is 36.3. The average molecular weight is 427 g/mol. The smallest absolute Gasteiger partial charge is 0.233 e. The van der Waals surface area contributed by atoms with Crippen LogP contribution >= 0.6 is 15.9 Å². The number of para-hydroxylation sites is 1. The molecule has 0 radical (unpaired) electrons. The Morgan fingerprint density at radius 2 is 1.93 bits per heavy atom. The van der Waals surface area contributed by atoms with Crippen LogP contribution in [-0.2, 0) is 16.8 Å². The molecule has 5 nitrogen and oxygen atoms in total. The summed E-state index contributed by atoms with van der Waals surface area (Å²) in [5.41, 5.74) is 2.19. The molecule has 2 heterocycles. The number of carbonyl (C=O) groups is 1. The zero-order valence-corrected chi connectivity index (χ0v) is 16.9. The van der Waals surface area contributed by atoms with E-state index >= 15 is 0 Å². The van der Waals surface area contributed by atoms with Crippen LogP contribution in [-0.4, -0.2) is 27.2 Å². The fraction of sp³-hybridized carbons (Fsp3) is 0.571. The zero-order chi connectivity index (χ0) is 18.2. The number of benzene rings is 1. The second-order valence-electron chi connectivity index (χ2n) is 9.26. The number of aromatic nitrogens is 3. The standard InChI is InChI=1S/C21H23BrN4O/c22-19-23-13-26(24-19)21-10-14-7-15(11-21)9-20(8-14,12-21)18(27)25-6-5-16-3-1-2-4-17(16)25/h1-4,13-15H,5-12H2/t14-,15-,20?,21?/m1/s1. The van der Waals surface area contributed by atoms with Gasteiger partial charge in [0.05, 0.1) is 11.0 Å². The highest BCUT2D eigenvalue weighted by Crippen LogP contribution is 2.64. The monoisotopic (exact) mass is 426 g/mol. The van der Waals surface area contributed by atoms with Crippen LogP contribution in [0.1, 0.15) is 44.1 Å². The first-order chi connectivity index (χ1) is 13.1. The van der Waals surface area contributed by atoms with Gasteiger partial charge in [-0.3, -0.25) is 4.79 Å². The predicted octanol–water partition coefficient (Wildman–Crippen LogP) is 3.93. The molecule has 0 unspecified atom stereocenters. The second-order valence-corrected chi connectivity index (χ2v) is 9.97. The number of fused-ring (bicyclic) bond motifs is 1. The van der Waals surface area contributed by atoms with Gasteiger partial charge in [-0.1, -0.05) is 18.2 Å². The SMILES string of the molecule is O=C(N1CCc2ccccc21)C12C[C@H]3C[C@H](C1)CC(n1cnc(Br)n1)(C3)C2. The first-order valence-corrected chi connectivity index (χ1v) is 10.8. The van der Waals surface area contributed by atoms with E-state index in [0.29, 0.717) is 22.5 Å². The molecule has 1 aromatic heterocycles. The van der Waals surface area contributed by atoms with E-state index in [1.54, 1.807) is 0 Å². The summed E-state index contributed by atoms with van der Waals surface area (Å²) in [6.45, 7) is 0.830. The number of anilines is 1. The third-order valence-electron chi connectivity index (χ3n) is 7.57. The molecule has 2 atom stereocenters. The Kier molecular flexibility index (Phi) is 3.28. The van der Waals surface area contributed by atoms with E-state index in [-0.39, 0.29) is 11.0 Å². The minimum atomic E-state index is -0.222. The van der Waals surface area contributed by atoms with E-state index in [1.807, 2.05) is 6.33 Å². The van der Waals surface area contributed by atoms with E-state index in [9.17, 15) is 4.79 Å². The maximum absolute atomic E-state index is 13.9. The first-order valence-electron chi connectivity index (χ1n) is 10.0. The van der Waals surface area contributed by atoms with Gasteiger partial charge in [0.2, 0.25) is 10.6 Å². The van der Waals surface area contributed by atoms with E-state index in [2.05, 4.69) is 59.9 Å². The van der Waals surface area contributed by atoms with Crippen molar-refractivity contribution in [2.75, 3.05) is 11.4 Å². The molecule has 7 rings (SSSR count). The highest BCUT2D eigenvalue weighted by Gasteiger charge is 2.62. The molecule has 0 saturated heterocycles. The minimum absolute atomic E-state index is 0.0298. The number of rotatable bonds is 2. The summed E-state index contributed by atoms with van der Waals surface area (Å²) in [6.07, 6.45) is 9.43. The van der Waals surface area contributed by atoms with Gasteiger partial charge in [-0.2, -0.15) is 0 Å². The predicted molar refractivity (Wildman–Crippen MR) is 105 cm³/mol. The molecule has 0 N–H and O–H groups in total. The summed E-state index contributed by atoms with van der Waals surface area (Å²) in [4.78, 5) is 20.3. The molecule has 1 aromatic carbocycles. The van der Waals surface area contributed by atoms with Crippen LogP contribution in [0, 0.1) is 17.3 Å². The number of carbonyl (C=O) groups excluding carboxylic acids is 1. The molecule has 2 aromatic rings. The highest BCUT2D eigenvalue weighted by atomic mass is 79.9. The lowest BCUT2D eigenvalue weighted by molar-refractivity contribution is -0.153. The van der Waals surface area contributed by atoms with E-state index in [1.165, 1.54) is 12.0 Å². The van der Waals surface area contributed by atoms with Crippen molar-refractivity contribution in [2.24, 2.45) is 17.3 Å². The van der Waals surface area contributed by atoms with Crippen LogP contribution in [0.15, 0.2) is 35.3 Å². The fourth-order valence-corrected chi connectivity index (χ4v) is 7.30. The molecule has 6 heteroatoms. The summed E-state index contributed by atoms with van der Waals surface area (Å²) < 4.78 is 2.72. The summed E-state index contributed by atoms with van der Waals surface area (Å²) in [5, 5.41) is 4.62. The molecule has 4 aliphatic carbocycles. The van der Waals surface area contributed by atoms with Crippen LogP contribution in [0.3, 0.4) is 0 Å². The van der Waals surface area contributed by atoms with Gasteiger partial charge in [0.1, 0.15) is 6.33 Å². The molecular weight excluding hydrogens is 404 g/mol. The Balaban J connectivity index is 1.40. The molecular formula is C21H23BrN4O. The molecule has 140 valence electrons. The lowest BCUT2D eigenvalue weighted by Gasteiger charge is -2.61. The Bertz CT molecular complexity index is 924. The zero-order valence-electron chi connectivity index (χ0n) is 15.3. The van der Waals surface area contributed by atoms with Crippen LogP contribution in [0.5, 0.6) is 0 Å². The third kappa shape index (κ3) is 2.25. The van der Waals surface area contributed by atoms with Gasteiger partial charge in [-0.25, -0.2) is 9.67 Å². The van der Waals surface area contributed by atoms with Crippen molar-refractivity contribution in [3.8, 4) is 0 Å². The second kappa shape index (κ2) is 5.43. The minimum Gasteiger partial charge on any atom is -0.311 e. The lowest BCUT2D eigenvalue weighted by Crippen LogP contribution is -2.61. The highest BCUT2D eigenvalue weighted by molar-refractivity contribution is 9.10. The fourth-order valence-electron chi connectivity index (χ4n) is 7.04. The van der Waals surface area contributed by atoms with Crippen molar-refractivity contribution in [1.29, 1.82) is 0 Å². The van der Waals surface area contributed by atoms with Gasteiger partial charge in [0.25, 0.3) is 0 Å². The van der Waals surface area contributed by atoms with Gasteiger partial charge in [0.15, 0.2) is 0 Å². The van der Waals surface area contributed by atoms with Crippen LogP contribution < -0.4 is 4.90 Å². The quantitative estimate of drug-likeness (QED) is 0.730. The van der Waals surface area contributed by atoms with Crippen molar-refractivity contribution >= 4 is 27.5 Å². The number of hydrogen-bond donors (Lipinski definition) is 0. The van der Waals surface area contributed by atoms with E-state index < -0.39 is 0 Å². The maximum Gasteiger partial charge on any atom is 0.233 e. The van der Waals surface area contributed by atoms with Gasteiger partial charge in [-0.05, 0) is 84.3 Å². The topological polar surface area (TPSA) is 51.0 Å². The van der Waals surface area contributed by atoms with Crippen molar-refractivity contribution in [1.82, 2.24) is 14.8 Å². The van der Waals surface area contributed by atoms with Crippen molar-refractivity contribution in [3.63, 3.8) is 0 Å². The average Bonchev–Trinajstić information content (AvgIpc) is 3.26. The molecule has 0 spiro atoms. The molecule has 4 bridgehead atoms. The molecule has 4 fully saturated rings. The van der Waals surface area contributed by atoms with Gasteiger partial charge in [0, 0.05) is 12.2 Å². The lowest BCUT2D eigenvalue weighted by atomic mass is 9.46. The molecule has 1 aliphatic heterocycles. The Labute approximate surface area is 167 Å². The van der Waals surface area contributed by atoms with Crippen LogP contribution in [0.4, 0.5) is 5.69 Å². The summed E-state index contributed by atoms with van der Waals surface area (Å²) in [6, 6.07) is 8.41. The van der Waals surface area contributed by atoms with Crippen molar-refractivity contribution in [2.45, 2.75) is 50.5 Å². The molecule has 5 aliphatic rings. The first kappa shape index (κ1) is 16.3. The molecule has 4 saturated carbocycles.